The van der Waals surface area contributed by atoms with Gasteiger partial charge in [-0.05, 0) is 47.5 Å². The highest BCUT2D eigenvalue weighted by Gasteiger charge is 2.26. The molecule has 0 saturated carbocycles. The van der Waals surface area contributed by atoms with E-state index in [0.29, 0.717) is 21.9 Å². The highest BCUT2D eigenvalue weighted by atomic mass is 16.6. The molecule has 0 aliphatic rings. The van der Waals surface area contributed by atoms with Gasteiger partial charge in [-0.3, -0.25) is 0 Å². The van der Waals surface area contributed by atoms with Gasteiger partial charge < -0.3 is 18.9 Å². The third-order valence-electron chi connectivity index (χ3n) is 5.32. The predicted octanol–water partition coefficient (Wildman–Crippen LogP) is 4.60. The molecule has 0 aromatic heterocycles. The summed E-state index contributed by atoms with van der Waals surface area (Å²) in [5.74, 6) is -4.56. The topological polar surface area (TPSA) is 105 Å². The minimum Gasteiger partial charge on any atom is -0.458 e. The molecular formula is C28H22O8. The van der Waals surface area contributed by atoms with Crippen LogP contribution in [0.5, 0.6) is 11.5 Å². The molecule has 0 fully saturated rings. The molecule has 0 aliphatic carbocycles. The number of ether oxygens (including phenoxy) is 4. The summed E-state index contributed by atoms with van der Waals surface area (Å²) in [6.07, 6.45) is 0. The van der Waals surface area contributed by atoms with Gasteiger partial charge in [0.05, 0.1) is 13.2 Å². The second-order valence-corrected chi connectivity index (χ2v) is 7.54. The summed E-state index contributed by atoms with van der Waals surface area (Å²) in [5, 5.41) is 2.94. The van der Waals surface area contributed by atoms with E-state index in [1.165, 1.54) is 0 Å². The summed E-state index contributed by atoms with van der Waals surface area (Å²) in [5.41, 5.74) is 0.795. The lowest BCUT2D eigenvalue weighted by molar-refractivity contribution is -0.161. The molecule has 0 amide bonds. The minimum absolute atomic E-state index is 0.00972. The third-order valence-corrected chi connectivity index (χ3v) is 5.32. The Kier molecular flexibility index (Phi) is 7.25. The van der Waals surface area contributed by atoms with Gasteiger partial charge in [0.1, 0.15) is 11.5 Å². The van der Waals surface area contributed by atoms with Crippen molar-refractivity contribution in [3.8, 4) is 22.6 Å². The number of carbonyl (C=O) groups excluding carboxylic acids is 4. The van der Waals surface area contributed by atoms with Crippen molar-refractivity contribution in [2.45, 2.75) is 13.8 Å². The van der Waals surface area contributed by atoms with Crippen LogP contribution in [0.25, 0.3) is 32.7 Å². The number of benzene rings is 4. The normalized spacial score (nSPS) is 10.6. The van der Waals surface area contributed by atoms with Gasteiger partial charge in [0.15, 0.2) is 0 Å². The molecule has 0 heterocycles. The first-order valence-corrected chi connectivity index (χ1v) is 11.3. The summed E-state index contributed by atoms with van der Waals surface area (Å²) in [7, 11) is 0. The number of fused-ring (bicyclic) bond motifs is 2. The van der Waals surface area contributed by atoms with Crippen LogP contribution in [0.1, 0.15) is 13.8 Å². The fourth-order valence-electron chi connectivity index (χ4n) is 3.85. The molecule has 8 heteroatoms. The molecule has 0 aliphatic heterocycles. The Balaban J connectivity index is 1.98. The first-order chi connectivity index (χ1) is 17.4. The second kappa shape index (κ2) is 10.7. The molecule has 0 spiro atoms. The van der Waals surface area contributed by atoms with E-state index in [4.69, 9.17) is 18.9 Å². The molecule has 0 N–H and O–H groups in total. The molecule has 0 bridgehead atoms. The molecule has 0 radical (unpaired) electrons. The number of hydrogen-bond donors (Lipinski definition) is 0. The maximum atomic E-state index is 12.5. The van der Waals surface area contributed by atoms with Crippen LogP contribution in [0.2, 0.25) is 0 Å². The fraction of sp³-hybridized carbons (Fsp3) is 0.143. The van der Waals surface area contributed by atoms with Gasteiger partial charge in [0.2, 0.25) is 0 Å². The first kappa shape index (κ1) is 24.4. The monoisotopic (exact) mass is 486 g/mol. The largest absolute Gasteiger partial charge is 0.458 e. The minimum atomic E-state index is -1.20. The zero-order chi connectivity index (χ0) is 25.7. The van der Waals surface area contributed by atoms with Crippen LogP contribution in [0, 0.1) is 0 Å². The summed E-state index contributed by atoms with van der Waals surface area (Å²) in [6.45, 7) is 3.17. The van der Waals surface area contributed by atoms with Crippen molar-refractivity contribution >= 4 is 45.4 Å². The van der Waals surface area contributed by atoms with Crippen LogP contribution in [-0.4, -0.2) is 37.1 Å². The smallest absolute Gasteiger partial charge is 0.422 e. The van der Waals surface area contributed by atoms with Crippen LogP contribution in [0.15, 0.2) is 72.8 Å². The zero-order valence-corrected chi connectivity index (χ0v) is 19.6. The summed E-state index contributed by atoms with van der Waals surface area (Å²) in [6, 6.07) is 21.2. The average Bonchev–Trinajstić information content (AvgIpc) is 2.89. The van der Waals surface area contributed by atoms with E-state index >= 15 is 0 Å². The van der Waals surface area contributed by atoms with Crippen LogP contribution < -0.4 is 9.47 Å². The van der Waals surface area contributed by atoms with Gasteiger partial charge in [-0.2, -0.15) is 0 Å². The molecular weight excluding hydrogens is 464 g/mol. The predicted molar refractivity (Wildman–Crippen MR) is 131 cm³/mol. The van der Waals surface area contributed by atoms with Crippen molar-refractivity contribution in [3.63, 3.8) is 0 Å². The lowest BCUT2D eigenvalue weighted by atomic mass is 9.92. The van der Waals surface area contributed by atoms with Crippen LogP contribution >= 0.6 is 0 Å². The summed E-state index contributed by atoms with van der Waals surface area (Å²) in [4.78, 5) is 48.9. The Morgan fingerprint density at radius 1 is 0.528 bits per heavy atom. The van der Waals surface area contributed by atoms with E-state index in [1.807, 2.05) is 36.4 Å². The van der Waals surface area contributed by atoms with Crippen molar-refractivity contribution in [1.29, 1.82) is 0 Å². The van der Waals surface area contributed by atoms with Gasteiger partial charge in [0, 0.05) is 11.1 Å². The van der Waals surface area contributed by atoms with Gasteiger partial charge in [-0.15, -0.1) is 0 Å². The van der Waals surface area contributed by atoms with Crippen molar-refractivity contribution in [3.05, 3.63) is 72.8 Å². The van der Waals surface area contributed by atoms with Gasteiger partial charge in [-0.1, -0.05) is 60.7 Å². The van der Waals surface area contributed by atoms with Crippen molar-refractivity contribution in [2.75, 3.05) is 13.2 Å². The van der Waals surface area contributed by atoms with Crippen molar-refractivity contribution in [2.24, 2.45) is 0 Å². The van der Waals surface area contributed by atoms with E-state index in [-0.39, 0.29) is 24.7 Å². The van der Waals surface area contributed by atoms with E-state index in [2.05, 4.69) is 0 Å². The van der Waals surface area contributed by atoms with Crippen LogP contribution in [0.3, 0.4) is 0 Å². The standard InChI is InChI=1S/C28H22O8/c1-3-33-25(29)27(31)35-21-15-13-17-9-5-7-11-19(17)23(21)24-20-12-8-6-10-18(20)14-16-22(24)36-28(32)26(30)34-4-2/h5-16H,3-4H2,1-2H3. The highest BCUT2D eigenvalue weighted by molar-refractivity contribution is 6.31. The number of rotatable bonds is 5. The number of hydrogen-bond acceptors (Lipinski definition) is 8. The van der Waals surface area contributed by atoms with Crippen molar-refractivity contribution in [1.82, 2.24) is 0 Å². The van der Waals surface area contributed by atoms with E-state index in [0.717, 1.165) is 10.8 Å². The summed E-state index contributed by atoms with van der Waals surface area (Å²) < 4.78 is 20.5. The molecule has 4 aromatic carbocycles. The van der Waals surface area contributed by atoms with E-state index < -0.39 is 23.9 Å². The molecule has 4 rings (SSSR count). The van der Waals surface area contributed by atoms with E-state index in [9.17, 15) is 19.2 Å². The molecule has 36 heavy (non-hydrogen) atoms. The maximum Gasteiger partial charge on any atom is 0.422 e. The van der Waals surface area contributed by atoms with Gasteiger partial charge in [0.25, 0.3) is 0 Å². The Hall–Kier alpha value is -4.72. The lowest BCUT2D eigenvalue weighted by Gasteiger charge is -2.18. The fourth-order valence-corrected chi connectivity index (χ4v) is 3.85. The Labute approximate surface area is 206 Å². The van der Waals surface area contributed by atoms with Gasteiger partial charge in [-0.25, -0.2) is 19.2 Å². The Morgan fingerprint density at radius 2 is 0.917 bits per heavy atom. The molecule has 0 atom stereocenters. The summed E-state index contributed by atoms with van der Waals surface area (Å²) >= 11 is 0. The number of esters is 4. The second-order valence-electron chi connectivity index (χ2n) is 7.54. The number of carbonyl (C=O) groups is 4. The van der Waals surface area contributed by atoms with Crippen LogP contribution in [-0.2, 0) is 28.7 Å². The maximum absolute atomic E-state index is 12.5. The zero-order valence-electron chi connectivity index (χ0n) is 19.6. The van der Waals surface area contributed by atoms with E-state index in [1.54, 1.807) is 50.2 Å². The Morgan fingerprint density at radius 3 is 1.31 bits per heavy atom. The molecule has 0 unspecified atom stereocenters. The van der Waals surface area contributed by atoms with Gasteiger partial charge >= 0.3 is 23.9 Å². The SMILES string of the molecule is CCOC(=O)C(=O)Oc1ccc2ccccc2c1-c1c(OC(=O)C(=O)OCC)ccc2ccccc12. The Bertz CT molecular complexity index is 1370. The molecule has 0 saturated heterocycles. The lowest BCUT2D eigenvalue weighted by Crippen LogP contribution is -2.23. The van der Waals surface area contributed by atoms with Crippen LogP contribution in [0.4, 0.5) is 0 Å². The quantitative estimate of drug-likeness (QED) is 0.229. The molecule has 4 aromatic rings. The molecule has 8 nitrogen and oxygen atoms in total. The first-order valence-electron chi connectivity index (χ1n) is 11.3. The average molecular weight is 486 g/mol. The third kappa shape index (κ3) is 4.88. The highest BCUT2D eigenvalue weighted by Crippen LogP contribution is 2.45. The van der Waals surface area contributed by atoms with Crippen molar-refractivity contribution < 1.29 is 38.1 Å². The molecule has 182 valence electrons.